The topological polar surface area (TPSA) is 69.9 Å². The van der Waals surface area contributed by atoms with Crippen LogP contribution in [0.1, 0.15) is 113 Å². The van der Waals surface area contributed by atoms with Crippen molar-refractivity contribution in [2.75, 3.05) is 0 Å². The molecule has 5 rings (SSSR count). The summed E-state index contributed by atoms with van der Waals surface area (Å²) in [5, 5.41) is 33.4. The van der Waals surface area contributed by atoms with Crippen molar-refractivity contribution in [3.8, 4) is 0 Å². The van der Waals surface area contributed by atoms with Gasteiger partial charge < -0.3 is 20.1 Å². The molecule has 11 atom stereocenters. The molecular weight excluding hydrogens is 424 g/mol. The Morgan fingerprint density at radius 3 is 2.03 bits per heavy atom. The summed E-state index contributed by atoms with van der Waals surface area (Å²) >= 11 is 0. The fourth-order valence-electron chi connectivity index (χ4n) is 11.1. The smallest absolute Gasteiger partial charge is 0.0865 e. The van der Waals surface area contributed by atoms with Gasteiger partial charge in [-0.15, -0.1) is 0 Å². The lowest BCUT2D eigenvalue weighted by Crippen LogP contribution is -2.66. The molecule has 0 spiro atoms. The lowest BCUT2D eigenvalue weighted by atomic mass is 9.35. The largest absolute Gasteiger partial charge is 0.393 e. The Morgan fingerprint density at radius 2 is 1.41 bits per heavy atom. The molecule has 1 heterocycles. The number of rotatable bonds is 2. The van der Waals surface area contributed by atoms with Gasteiger partial charge in [-0.1, -0.05) is 34.6 Å². The molecule has 4 saturated carbocycles. The Morgan fingerprint density at radius 1 is 0.765 bits per heavy atom. The average molecular weight is 477 g/mol. The molecule has 4 aliphatic carbocycles. The molecule has 0 unspecified atom stereocenters. The van der Waals surface area contributed by atoms with Crippen molar-refractivity contribution in [1.82, 2.24) is 0 Å². The van der Waals surface area contributed by atoms with Gasteiger partial charge in [0.05, 0.1) is 29.5 Å². The highest BCUT2D eigenvalue weighted by molar-refractivity contribution is 5.20. The van der Waals surface area contributed by atoms with Crippen LogP contribution in [0.2, 0.25) is 0 Å². The van der Waals surface area contributed by atoms with Crippen molar-refractivity contribution in [3.63, 3.8) is 0 Å². The first-order valence-corrected chi connectivity index (χ1v) is 14.3. The van der Waals surface area contributed by atoms with Gasteiger partial charge >= 0.3 is 0 Å². The molecule has 0 aromatic carbocycles. The minimum absolute atomic E-state index is 0.0630. The van der Waals surface area contributed by atoms with Crippen molar-refractivity contribution in [1.29, 1.82) is 0 Å². The van der Waals surface area contributed by atoms with Crippen LogP contribution in [0.25, 0.3) is 0 Å². The average Bonchev–Trinajstić information content (AvgIpc) is 3.30. The normalized spacial score (nSPS) is 57.1. The SMILES string of the molecule is CC(C)(O)[C@@H]1CC[C@@](C)([C@H]2CC[C@]3(C)[C@@H]2[C@H](O)C[C@H]2[C@@]4(C)CC[C@H](O)C(C)(C)[C@@H]4CC[C@]23C)O1. The van der Waals surface area contributed by atoms with Crippen LogP contribution in [0.15, 0.2) is 0 Å². The molecule has 4 heteroatoms. The summed E-state index contributed by atoms with van der Waals surface area (Å²) in [4.78, 5) is 0. The standard InChI is InChI=1S/C30H52O4/c1-25(2)20-10-15-28(6)21(27(20,5)13-11-22(25)32)17-19(31)24-18(9-14-29(24,28)7)30(8)16-12-23(34-30)26(3,4)33/h18-24,31-33H,9-17H2,1-8H3/t18-,19+,20-,21-,22-,23-,24-,27-,28+,29+,30-/m0/s1. The van der Waals surface area contributed by atoms with Crippen LogP contribution in [0.5, 0.6) is 0 Å². The third-order valence-corrected chi connectivity index (χ3v) is 13.3. The second kappa shape index (κ2) is 7.45. The molecule has 5 fully saturated rings. The highest BCUT2D eigenvalue weighted by Gasteiger charge is 2.71. The highest BCUT2D eigenvalue weighted by Crippen LogP contribution is 2.76. The first kappa shape index (κ1) is 25.5. The molecule has 196 valence electrons. The summed E-state index contributed by atoms with van der Waals surface area (Å²) in [5.41, 5.74) is -0.703. The second-order valence-corrected chi connectivity index (χ2v) is 15.4. The van der Waals surface area contributed by atoms with E-state index in [-0.39, 0.29) is 51.5 Å². The van der Waals surface area contributed by atoms with E-state index in [0.717, 1.165) is 44.9 Å². The summed E-state index contributed by atoms with van der Waals surface area (Å²) < 4.78 is 6.66. The minimum Gasteiger partial charge on any atom is -0.393 e. The zero-order valence-electron chi connectivity index (χ0n) is 23.2. The van der Waals surface area contributed by atoms with E-state index < -0.39 is 5.60 Å². The van der Waals surface area contributed by atoms with Gasteiger partial charge in [-0.3, -0.25) is 0 Å². The molecule has 3 N–H and O–H groups in total. The Bertz CT molecular complexity index is 817. The maximum atomic E-state index is 11.9. The summed E-state index contributed by atoms with van der Waals surface area (Å²) in [6.45, 7) is 18.1. The third kappa shape index (κ3) is 3.16. The van der Waals surface area contributed by atoms with E-state index >= 15 is 0 Å². The Balaban J connectivity index is 1.48. The van der Waals surface area contributed by atoms with Crippen LogP contribution in [-0.2, 0) is 4.74 Å². The molecule has 4 nitrogen and oxygen atoms in total. The first-order valence-electron chi connectivity index (χ1n) is 14.3. The van der Waals surface area contributed by atoms with Crippen LogP contribution >= 0.6 is 0 Å². The Kier molecular flexibility index (Phi) is 5.59. The van der Waals surface area contributed by atoms with E-state index in [1.54, 1.807) is 0 Å². The van der Waals surface area contributed by atoms with E-state index in [0.29, 0.717) is 17.8 Å². The van der Waals surface area contributed by atoms with E-state index in [2.05, 4.69) is 41.5 Å². The minimum atomic E-state index is -0.826. The van der Waals surface area contributed by atoms with Gasteiger partial charge in [0.25, 0.3) is 0 Å². The Labute approximate surface area is 208 Å². The molecule has 0 aromatic heterocycles. The van der Waals surface area contributed by atoms with Crippen molar-refractivity contribution in [3.05, 3.63) is 0 Å². The van der Waals surface area contributed by atoms with Crippen molar-refractivity contribution in [2.24, 2.45) is 45.3 Å². The van der Waals surface area contributed by atoms with Gasteiger partial charge in [0.2, 0.25) is 0 Å². The number of fused-ring (bicyclic) bond motifs is 5. The van der Waals surface area contributed by atoms with Crippen LogP contribution in [0.3, 0.4) is 0 Å². The summed E-state index contributed by atoms with van der Waals surface area (Å²) in [7, 11) is 0. The van der Waals surface area contributed by atoms with E-state index in [1.807, 2.05) is 13.8 Å². The van der Waals surface area contributed by atoms with Gasteiger partial charge in [-0.05, 0) is 124 Å². The number of aliphatic hydroxyl groups excluding tert-OH is 2. The highest BCUT2D eigenvalue weighted by atomic mass is 16.5. The number of aliphatic hydroxyl groups is 3. The third-order valence-electron chi connectivity index (χ3n) is 13.3. The summed E-state index contributed by atoms with van der Waals surface area (Å²) in [6, 6.07) is 0. The number of hydrogen-bond acceptors (Lipinski definition) is 4. The lowest BCUT2D eigenvalue weighted by Gasteiger charge is -2.70. The van der Waals surface area contributed by atoms with Gasteiger partial charge in [-0.2, -0.15) is 0 Å². The molecule has 0 amide bonds. The molecule has 0 aromatic rings. The first-order chi connectivity index (χ1) is 15.5. The molecule has 0 bridgehead atoms. The Hall–Kier alpha value is -0.160. The summed E-state index contributed by atoms with van der Waals surface area (Å²) in [6.07, 6.45) is 8.72. The monoisotopic (exact) mass is 476 g/mol. The maximum Gasteiger partial charge on any atom is 0.0865 e. The van der Waals surface area contributed by atoms with Crippen molar-refractivity contribution < 1.29 is 20.1 Å². The van der Waals surface area contributed by atoms with Crippen LogP contribution < -0.4 is 0 Å². The molecule has 1 saturated heterocycles. The molecule has 0 radical (unpaired) electrons. The van der Waals surface area contributed by atoms with Crippen LogP contribution in [0.4, 0.5) is 0 Å². The quantitative estimate of drug-likeness (QED) is 0.477. The fourth-order valence-corrected chi connectivity index (χ4v) is 11.1. The molecule has 5 aliphatic rings. The van der Waals surface area contributed by atoms with E-state index in [1.165, 1.54) is 12.8 Å². The molecule has 1 aliphatic heterocycles. The zero-order valence-corrected chi connectivity index (χ0v) is 23.2. The van der Waals surface area contributed by atoms with Crippen LogP contribution in [-0.4, -0.2) is 44.8 Å². The van der Waals surface area contributed by atoms with Gasteiger partial charge in [0, 0.05) is 0 Å². The van der Waals surface area contributed by atoms with Gasteiger partial charge in [-0.25, -0.2) is 0 Å². The summed E-state index contributed by atoms with van der Waals surface area (Å²) in [5.74, 6) is 1.59. The maximum absolute atomic E-state index is 11.9. The predicted molar refractivity (Wildman–Crippen MR) is 135 cm³/mol. The van der Waals surface area contributed by atoms with E-state index in [4.69, 9.17) is 4.74 Å². The number of ether oxygens (including phenoxy) is 1. The lowest BCUT2D eigenvalue weighted by molar-refractivity contribution is -0.248. The zero-order chi connectivity index (χ0) is 25.1. The molecular formula is C30H52O4. The second-order valence-electron chi connectivity index (χ2n) is 15.4. The molecule has 34 heavy (non-hydrogen) atoms. The van der Waals surface area contributed by atoms with Crippen molar-refractivity contribution >= 4 is 0 Å². The van der Waals surface area contributed by atoms with Crippen molar-refractivity contribution in [2.45, 2.75) is 143 Å². The van der Waals surface area contributed by atoms with Gasteiger partial charge in [0.1, 0.15) is 0 Å². The van der Waals surface area contributed by atoms with Gasteiger partial charge in [0.15, 0.2) is 0 Å². The van der Waals surface area contributed by atoms with E-state index in [9.17, 15) is 15.3 Å². The fraction of sp³-hybridized carbons (Fsp3) is 1.00. The predicted octanol–water partition coefficient (Wildman–Crippen LogP) is 5.71. The van der Waals surface area contributed by atoms with Crippen LogP contribution in [0, 0.1) is 45.3 Å². The number of hydrogen-bond donors (Lipinski definition) is 3.